The molecule has 0 saturated carbocycles. The first-order chi connectivity index (χ1) is 11.3. The zero-order valence-corrected chi connectivity index (χ0v) is 13.6. The first kappa shape index (κ1) is 15.5. The van der Waals surface area contributed by atoms with Gasteiger partial charge in [-0.1, -0.05) is 37.3 Å². The van der Waals surface area contributed by atoms with Crippen LogP contribution in [0.1, 0.15) is 25.0 Å². The zero-order valence-electron chi connectivity index (χ0n) is 13.6. The van der Waals surface area contributed by atoms with Crippen LogP contribution in [0.2, 0.25) is 0 Å². The van der Waals surface area contributed by atoms with E-state index in [1.165, 1.54) is 5.56 Å². The normalized spacial score (nSPS) is 12.0. The summed E-state index contributed by atoms with van der Waals surface area (Å²) >= 11 is 0. The molecule has 3 nitrogen and oxygen atoms in total. The van der Waals surface area contributed by atoms with Crippen LogP contribution in [0, 0.1) is 0 Å². The molecule has 1 heterocycles. The molecule has 0 spiro atoms. The van der Waals surface area contributed by atoms with E-state index in [1.54, 1.807) is 0 Å². The lowest BCUT2D eigenvalue weighted by molar-refractivity contribution is 0.131. The van der Waals surface area contributed by atoms with Gasteiger partial charge in [0, 0.05) is 17.6 Å². The Balaban J connectivity index is 2.10. The molecule has 0 unspecified atom stereocenters. The van der Waals surface area contributed by atoms with Crippen molar-refractivity contribution in [1.82, 2.24) is 0 Å². The summed E-state index contributed by atoms with van der Waals surface area (Å²) in [6, 6.07) is 18.3. The van der Waals surface area contributed by atoms with Gasteiger partial charge in [-0.05, 0) is 43.2 Å². The number of hydrogen-bond acceptors (Lipinski definition) is 3. The van der Waals surface area contributed by atoms with Crippen molar-refractivity contribution >= 4 is 16.7 Å². The number of para-hydroxylation sites is 1. The van der Waals surface area contributed by atoms with Gasteiger partial charge >= 0.3 is 0 Å². The van der Waals surface area contributed by atoms with Gasteiger partial charge in [0.2, 0.25) is 5.55 Å². The summed E-state index contributed by atoms with van der Waals surface area (Å²) < 4.78 is 11.6. The molecule has 0 bridgehead atoms. The van der Waals surface area contributed by atoms with Crippen LogP contribution in [0.25, 0.3) is 11.0 Å². The van der Waals surface area contributed by atoms with E-state index in [4.69, 9.17) is 9.15 Å². The SMILES string of the molecule is CCOCc1cc2ccccc2o/c1=N\c1ccc(CC)cc1. The Morgan fingerprint density at radius 3 is 2.52 bits per heavy atom. The van der Waals surface area contributed by atoms with E-state index in [1.807, 2.05) is 43.3 Å². The van der Waals surface area contributed by atoms with Gasteiger partial charge in [-0.15, -0.1) is 0 Å². The molecule has 0 aliphatic rings. The number of benzene rings is 2. The highest BCUT2D eigenvalue weighted by Crippen LogP contribution is 2.16. The smallest absolute Gasteiger partial charge is 0.225 e. The van der Waals surface area contributed by atoms with Crippen molar-refractivity contribution < 1.29 is 9.15 Å². The summed E-state index contributed by atoms with van der Waals surface area (Å²) in [5, 5.41) is 1.06. The number of rotatable bonds is 5. The van der Waals surface area contributed by atoms with E-state index < -0.39 is 0 Å². The molecule has 0 amide bonds. The van der Waals surface area contributed by atoms with Gasteiger partial charge < -0.3 is 9.15 Å². The highest BCUT2D eigenvalue weighted by Gasteiger charge is 2.04. The Kier molecular flexibility index (Phi) is 4.89. The van der Waals surface area contributed by atoms with Crippen LogP contribution in [0.15, 0.2) is 64.0 Å². The number of hydrogen-bond donors (Lipinski definition) is 0. The van der Waals surface area contributed by atoms with E-state index in [9.17, 15) is 0 Å². The Labute approximate surface area is 136 Å². The summed E-state index contributed by atoms with van der Waals surface area (Å²) in [7, 11) is 0. The average Bonchev–Trinajstić information content (AvgIpc) is 2.60. The van der Waals surface area contributed by atoms with E-state index in [-0.39, 0.29) is 0 Å². The topological polar surface area (TPSA) is 34.7 Å². The van der Waals surface area contributed by atoms with Gasteiger partial charge in [0.15, 0.2) is 0 Å². The van der Waals surface area contributed by atoms with Gasteiger partial charge in [-0.2, -0.15) is 0 Å². The van der Waals surface area contributed by atoms with Crippen molar-refractivity contribution in [2.75, 3.05) is 6.61 Å². The summed E-state index contributed by atoms with van der Waals surface area (Å²) in [5.41, 5.74) is 4.59. The molecule has 0 radical (unpaired) electrons. The first-order valence-corrected chi connectivity index (χ1v) is 8.03. The second kappa shape index (κ2) is 7.25. The molecule has 23 heavy (non-hydrogen) atoms. The minimum absolute atomic E-state index is 0.497. The van der Waals surface area contributed by atoms with Crippen LogP contribution in [-0.4, -0.2) is 6.61 Å². The lowest BCUT2D eigenvalue weighted by Gasteiger charge is -2.05. The summed E-state index contributed by atoms with van der Waals surface area (Å²) in [4.78, 5) is 4.67. The summed E-state index contributed by atoms with van der Waals surface area (Å²) in [6.45, 7) is 5.29. The standard InChI is InChI=1S/C20H21NO2/c1-3-15-9-11-18(12-10-15)21-20-17(14-22-4-2)13-16-7-5-6-8-19(16)23-20/h5-13H,3-4,14H2,1-2H3/b21-20-. The van der Waals surface area contributed by atoms with Gasteiger partial charge in [-0.3, -0.25) is 0 Å². The molecule has 0 aliphatic heterocycles. The van der Waals surface area contributed by atoms with Gasteiger partial charge in [0.25, 0.3) is 0 Å². The Morgan fingerprint density at radius 2 is 1.78 bits per heavy atom. The number of aryl methyl sites for hydroxylation is 1. The lowest BCUT2D eigenvalue weighted by Crippen LogP contribution is -2.10. The predicted octanol–water partition coefficient (Wildman–Crippen LogP) is 4.76. The quantitative estimate of drug-likeness (QED) is 0.681. The molecule has 3 aromatic rings. The third-order valence-electron chi connectivity index (χ3n) is 3.77. The summed E-state index contributed by atoms with van der Waals surface area (Å²) in [6.07, 6.45) is 1.02. The highest BCUT2D eigenvalue weighted by atomic mass is 16.5. The molecular weight excluding hydrogens is 286 g/mol. The van der Waals surface area contributed by atoms with E-state index in [0.717, 1.165) is 28.6 Å². The fraction of sp³-hybridized carbons (Fsp3) is 0.250. The second-order valence-electron chi connectivity index (χ2n) is 5.38. The van der Waals surface area contributed by atoms with Crippen LogP contribution in [0.4, 0.5) is 5.69 Å². The van der Waals surface area contributed by atoms with Crippen molar-refractivity contribution in [3.63, 3.8) is 0 Å². The van der Waals surface area contributed by atoms with E-state index in [2.05, 4.69) is 30.1 Å². The number of ether oxygens (including phenoxy) is 1. The fourth-order valence-electron chi connectivity index (χ4n) is 2.45. The van der Waals surface area contributed by atoms with E-state index in [0.29, 0.717) is 18.8 Å². The first-order valence-electron chi connectivity index (χ1n) is 8.03. The van der Waals surface area contributed by atoms with Crippen molar-refractivity contribution in [2.24, 2.45) is 4.99 Å². The van der Waals surface area contributed by atoms with E-state index >= 15 is 0 Å². The second-order valence-corrected chi connectivity index (χ2v) is 5.38. The molecule has 2 aromatic carbocycles. The molecular formula is C20H21NO2. The average molecular weight is 307 g/mol. The molecule has 1 aromatic heterocycles. The van der Waals surface area contributed by atoms with Crippen LogP contribution >= 0.6 is 0 Å². The van der Waals surface area contributed by atoms with Crippen molar-refractivity contribution in [1.29, 1.82) is 0 Å². The minimum Gasteiger partial charge on any atom is -0.438 e. The monoisotopic (exact) mass is 307 g/mol. The van der Waals surface area contributed by atoms with Crippen LogP contribution in [0.3, 0.4) is 0 Å². The van der Waals surface area contributed by atoms with Gasteiger partial charge in [-0.25, -0.2) is 4.99 Å². The maximum absolute atomic E-state index is 6.00. The van der Waals surface area contributed by atoms with Crippen LogP contribution < -0.4 is 5.55 Å². The van der Waals surface area contributed by atoms with Crippen LogP contribution in [0.5, 0.6) is 0 Å². The predicted molar refractivity (Wildman–Crippen MR) is 92.6 cm³/mol. The minimum atomic E-state index is 0.497. The molecule has 3 heteroatoms. The van der Waals surface area contributed by atoms with Gasteiger partial charge in [0.05, 0.1) is 12.3 Å². The zero-order chi connectivity index (χ0) is 16.1. The maximum atomic E-state index is 6.00. The molecule has 3 rings (SSSR count). The molecule has 0 fully saturated rings. The molecule has 0 aliphatic carbocycles. The number of nitrogens with zero attached hydrogens (tertiary/aromatic N) is 1. The number of fused-ring (bicyclic) bond motifs is 1. The Hall–Kier alpha value is -2.39. The Bertz CT molecular complexity index is 847. The molecule has 0 saturated heterocycles. The lowest BCUT2D eigenvalue weighted by atomic mass is 10.1. The third kappa shape index (κ3) is 3.69. The van der Waals surface area contributed by atoms with Crippen molar-refractivity contribution in [2.45, 2.75) is 26.9 Å². The van der Waals surface area contributed by atoms with Crippen molar-refractivity contribution in [3.8, 4) is 0 Å². The molecule has 0 N–H and O–H groups in total. The van der Waals surface area contributed by atoms with Crippen molar-refractivity contribution in [3.05, 3.63) is 71.3 Å². The van der Waals surface area contributed by atoms with Gasteiger partial charge in [0.1, 0.15) is 5.58 Å². The largest absolute Gasteiger partial charge is 0.438 e. The maximum Gasteiger partial charge on any atom is 0.225 e. The molecule has 118 valence electrons. The Morgan fingerprint density at radius 1 is 1.00 bits per heavy atom. The third-order valence-corrected chi connectivity index (χ3v) is 3.77. The fourth-order valence-corrected chi connectivity index (χ4v) is 2.45. The summed E-state index contributed by atoms with van der Waals surface area (Å²) in [5.74, 6) is 0. The highest BCUT2D eigenvalue weighted by molar-refractivity contribution is 5.76. The molecule has 0 atom stereocenters. The van der Waals surface area contributed by atoms with Crippen LogP contribution in [-0.2, 0) is 17.8 Å².